The number of rotatable bonds is 4. The smallest absolute Gasteiger partial charge is 0.222 e. The van der Waals surface area contributed by atoms with Crippen LogP contribution in [0.4, 0.5) is 0 Å². The van der Waals surface area contributed by atoms with Crippen LogP contribution in [-0.2, 0) is 21.1 Å². The maximum atomic E-state index is 12.6. The quantitative estimate of drug-likeness (QED) is 0.821. The van der Waals surface area contributed by atoms with Crippen molar-refractivity contribution < 1.29 is 13.2 Å². The van der Waals surface area contributed by atoms with Gasteiger partial charge in [-0.25, -0.2) is 8.42 Å². The van der Waals surface area contributed by atoms with Crippen LogP contribution >= 0.6 is 0 Å². The predicted octanol–water partition coefficient (Wildman–Crippen LogP) is 0.949. The number of benzene rings is 1. The minimum atomic E-state index is -3.03. The Morgan fingerprint density at radius 3 is 2.57 bits per heavy atom. The van der Waals surface area contributed by atoms with Crippen LogP contribution in [0.3, 0.4) is 0 Å². The second kappa shape index (κ2) is 6.61. The molecule has 2 aliphatic heterocycles. The highest BCUT2D eigenvalue weighted by Gasteiger charge is 2.46. The summed E-state index contributed by atoms with van der Waals surface area (Å²) >= 11 is 0. The van der Waals surface area contributed by atoms with Crippen molar-refractivity contribution in [3.05, 3.63) is 35.9 Å². The fourth-order valence-electron chi connectivity index (χ4n) is 3.67. The molecular formula is C17H24N2O3S. The molecule has 6 heteroatoms. The topological polar surface area (TPSA) is 57.7 Å². The average Bonchev–Trinajstić information content (AvgIpc) is 2.84. The first-order valence-electron chi connectivity index (χ1n) is 8.20. The lowest BCUT2D eigenvalue weighted by atomic mass is 10.0. The lowest BCUT2D eigenvalue weighted by Crippen LogP contribution is -2.59. The highest BCUT2D eigenvalue weighted by atomic mass is 32.2. The van der Waals surface area contributed by atoms with Gasteiger partial charge in [-0.05, 0) is 25.5 Å². The van der Waals surface area contributed by atoms with Gasteiger partial charge >= 0.3 is 0 Å². The van der Waals surface area contributed by atoms with E-state index in [9.17, 15) is 13.2 Å². The maximum absolute atomic E-state index is 12.6. The predicted molar refractivity (Wildman–Crippen MR) is 90.0 cm³/mol. The summed E-state index contributed by atoms with van der Waals surface area (Å²) in [7, 11) is -1.07. The van der Waals surface area contributed by atoms with Crippen LogP contribution < -0.4 is 0 Å². The number of carbonyl (C=O) groups is 1. The molecule has 0 unspecified atom stereocenters. The number of hydrogen-bond acceptors (Lipinski definition) is 4. The molecule has 3 rings (SSSR count). The van der Waals surface area contributed by atoms with E-state index in [-0.39, 0.29) is 29.5 Å². The fourth-order valence-corrected chi connectivity index (χ4v) is 5.72. The molecule has 2 saturated heterocycles. The highest BCUT2D eigenvalue weighted by molar-refractivity contribution is 7.91. The Morgan fingerprint density at radius 2 is 1.83 bits per heavy atom. The molecule has 126 valence electrons. The SMILES string of the molecule is CN1CCN(C(=O)CCCc2ccccc2)[C@H]2CS(=O)(=O)C[C@H]21. The Hall–Kier alpha value is -1.40. The molecular weight excluding hydrogens is 312 g/mol. The molecule has 0 N–H and O–H groups in total. The van der Waals surface area contributed by atoms with Crippen molar-refractivity contribution in [2.24, 2.45) is 0 Å². The third-order valence-electron chi connectivity index (χ3n) is 4.97. The molecule has 0 saturated carbocycles. The first-order valence-corrected chi connectivity index (χ1v) is 10.0. The maximum Gasteiger partial charge on any atom is 0.222 e. The molecule has 2 atom stereocenters. The van der Waals surface area contributed by atoms with Crippen molar-refractivity contribution in [1.29, 1.82) is 0 Å². The number of hydrogen-bond donors (Lipinski definition) is 0. The van der Waals surface area contributed by atoms with E-state index in [1.54, 1.807) is 0 Å². The number of amides is 1. The Labute approximate surface area is 138 Å². The van der Waals surface area contributed by atoms with E-state index in [1.165, 1.54) is 5.56 Å². The first-order chi connectivity index (χ1) is 11.0. The van der Waals surface area contributed by atoms with Crippen LogP contribution in [0, 0.1) is 0 Å². The van der Waals surface area contributed by atoms with Crippen molar-refractivity contribution in [2.75, 3.05) is 31.6 Å². The van der Waals surface area contributed by atoms with Gasteiger partial charge in [0.25, 0.3) is 0 Å². The largest absolute Gasteiger partial charge is 0.336 e. The second-order valence-electron chi connectivity index (χ2n) is 6.62. The van der Waals surface area contributed by atoms with Crippen molar-refractivity contribution in [1.82, 2.24) is 9.80 Å². The normalized spacial score (nSPS) is 26.9. The van der Waals surface area contributed by atoms with E-state index >= 15 is 0 Å². The van der Waals surface area contributed by atoms with E-state index in [4.69, 9.17) is 0 Å². The molecule has 0 aliphatic carbocycles. The molecule has 0 spiro atoms. The summed E-state index contributed by atoms with van der Waals surface area (Å²) in [5.41, 5.74) is 1.24. The van der Waals surface area contributed by atoms with E-state index in [2.05, 4.69) is 17.0 Å². The Balaban J connectivity index is 1.58. The zero-order valence-corrected chi connectivity index (χ0v) is 14.3. The Morgan fingerprint density at radius 1 is 1.13 bits per heavy atom. The lowest BCUT2D eigenvalue weighted by Gasteiger charge is -2.42. The van der Waals surface area contributed by atoms with Gasteiger partial charge in [-0.1, -0.05) is 30.3 Å². The van der Waals surface area contributed by atoms with Crippen LogP contribution in [-0.4, -0.2) is 67.9 Å². The Kier molecular flexibility index (Phi) is 4.73. The Bertz CT molecular complexity index is 660. The van der Waals surface area contributed by atoms with Gasteiger partial charge in [-0.15, -0.1) is 0 Å². The summed E-state index contributed by atoms with van der Waals surface area (Å²) in [5, 5.41) is 0. The number of piperazine rings is 1. The van der Waals surface area contributed by atoms with Gasteiger partial charge < -0.3 is 4.90 Å². The summed E-state index contributed by atoms with van der Waals surface area (Å²) < 4.78 is 23.9. The van der Waals surface area contributed by atoms with Crippen molar-refractivity contribution >= 4 is 15.7 Å². The van der Waals surface area contributed by atoms with E-state index in [0.717, 1.165) is 19.4 Å². The number of carbonyl (C=O) groups excluding carboxylic acids is 1. The standard InChI is InChI=1S/C17H24N2O3S/c1-18-10-11-19(16-13-23(21,22)12-15(16)18)17(20)9-5-8-14-6-3-2-4-7-14/h2-4,6-7,15-16H,5,8-13H2,1H3/t15-,16+/m1/s1. The number of sulfone groups is 1. The molecule has 1 aromatic carbocycles. The van der Waals surface area contributed by atoms with Crippen LogP contribution in [0.15, 0.2) is 30.3 Å². The van der Waals surface area contributed by atoms with E-state index < -0.39 is 9.84 Å². The van der Waals surface area contributed by atoms with Crippen LogP contribution in [0.25, 0.3) is 0 Å². The molecule has 0 aromatic heterocycles. The van der Waals surface area contributed by atoms with Gasteiger partial charge in [0, 0.05) is 25.6 Å². The van der Waals surface area contributed by atoms with Gasteiger partial charge in [-0.2, -0.15) is 0 Å². The third kappa shape index (κ3) is 3.75. The molecule has 1 aromatic rings. The molecule has 2 heterocycles. The number of likely N-dealkylation sites (N-methyl/N-ethyl adjacent to an activating group) is 1. The third-order valence-corrected chi connectivity index (χ3v) is 6.67. The van der Waals surface area contributed by atoms with E-state index in [1.807, 2.05) is 30.1 Å². The fraction of sp³-hybridized carbons (Fsp3) is 0.588. The average molecular weight is 336 g/mol. The monoisotopic (exact) mass is 336 g/mol. The minimum absolute atomic E-state index is 0.0353. The summed E-state index contributed by atoms with van der Waals surface area (Å²) in [6, 6.07) is 9.94. The van der Waals surface area contributed by atoms with Crippen molar-refractivity contribution in [3.63, 3.8) is 0 Å². The number of fused-ring (bicyclic) bond motifs is 1. The summed E-state index contributed by atoms with van der Waals surface area (Å²) in [6.45, 7) is 1.39. The summed E-state index contributed by atoms with van der Waals surface area (Å²) in [6.07, 6.45) is 2.17. The highest BCUT2D eigenvalue weighted by Crippen LogP contribution is 2.26. The number of aryl methyl sites for hydroxylation is 1. The van der Waals surface area contributed by atoms with E-state index in [0.29, 0.717) is 13.0 Å². The van der Waals surface area contributed by atoms with Gasteiger partial charge in [-0.3, -0.25) is 9.69 Å². The molecule has 23 heavy (non-hydrogen) atoms. The van der Waals surface area contributed by atoms with Crippen LogP contribution in [0.5, 0.6) is 0 Å². The van der Waals surface area contributed by atoms with Gasteiger partial charge in [0.05, 0.1) is 17.5 Å². The van der Waals surface area contributed by atoms with Crippen molar-refractivity contribution in [2.45, 2.75) is 31.3 Å². The summed E-state index contributed by atoms with van der Waals surface area (Å²) in [5.74, 6) is 0.398. The second-order valence-corrected chi connectivity index (χ2v) is 8.77. The molecule has 2 fully saturated rings. The first kappa shape index (κ1) is 16.5. The molecule has 0 radical (unpaired) electrons. The molecule has 5 nitrogen and oxygen atoms in total. The van der Waals surface area contributed by atoms with Gasteiger partial charge in [0.2, 0.25) is 5.91 Å². The summed E-state index contributed by atoms with van der Waals surface area (Å²) in [4.78, 5) is 16.5. The molecule has 2 aliphatic rings. The van der Waals surface area contributed by atoms with Crippen molar-refractivity contribution in [3.8, 4) is 0 Å². The van der Waals surface area contributed by atoms with Crippen LogP contribution in [0.2, 0.25) is 0 Å². The zero-order chi connectivity index (χ0) is 16.4. The molecule has 0 bridgehead atoms. The van der Waals surface area contributed by atoms with Crippen LogP contribution in [0.1, 0.15) is 18.4 Å². The minimum Gasteiger partial charge on any atom is -0.336 e. The number of nitrogens with zero attached hydrogens (tertiary/aromatic N) is 2. The lowest BCUT2D eigenvalue weighted by molar-refractivity contribution is -0.136. The zero-order valence-electron chi connectivity index (χ0n) is 13.5. The van der Waals surface area contributed by atoms with Gasteiger partial charge in [0.1, 0.15) is 0 Å². The van der Waals surface area contributed by atoms with Gasteiger partial charge in [0.15, 0.2) is 9.84 Å². The molecule has 1 amide bonds.